The van der Waals surface area contributed by atoms with Crippen molar-refractivity contribution in [2.45, 2.75) is 31.7 Å². The lowest BCUT2D eigenvalue weighted by atomic mass is 10.1. The van der Waals surface area contributed by atoms with Gasteiger partial charge in [0, 0.05) is 30.5 Å². The Bertz CT molecular complexity index is 860. The number of hydrogen-bond acceptors (Lipinski definition) is 5. The predicted molar refractivity (Wildman–Crippen MR) is 110 cm³/mol. The topological polar surface area (TPSA) is 61.9 Å². The number of carbonyl (C=O) groups is 2. The second kappa shape index (κ2) is 7.92. The van der Waals surface area contributed by atoms with E-state index in [9.17, 15) is 9.59 Å². The van der Waals surface area contributed by atoms with Gasteiger partial charge in [-0.3, -0.25) is 9.59 Å². The van der Waals surface area contributed by atoms with E-state index in [1.54, 1.807) is 31.4 Å². The molecule has 0 aliphatic carbocycles. The number of methoxy groups -OCH3 is 1. The van der Waals surface area contributed by atoms with Crippen LogP contribution < -0.4 is 19.9 Å². The minimum atomic E-state index is -0.556. The van der Waals surface area contributed by atoms with Crippen LogP contribution in [0.1, 0.15) is 25.7 Å². The second-order valence-corrected chi connectivity index (χ2v) is 7.26. The van der Waals surface area contributed by atoms with E-state index in [4.69, 9.17) is 4.74 Å². The highest BCUT2D eigenvalue weighted by Gasteiger charge is 2.39. The van der Waals surface area contributed by atoms with E-state index in [1.807, 2.05) is 12.1 Å². The van der Waals surface area contributed by atoms with Crippen LogP contribution in [0.2, 0.25) is 0 Å². The van der Waals surface area contributed by atoms with Crippen molar-refractivity contribution in [3.05, 3.63) is 48.5 Å². The average Bonchev–Trinajstić information content (AvgIpc) is 3.02. The number of carbonyl (C=O) groups excluding carboxylic acids is 2. The van der Waals surface area contributed by atoms with Gasteiger partial charge in [-0.15, -0.1) is 0 Å². The molecule has 2 aromatic rings. The molecule has 4 rings (SSSR count). The van der Waals surface area contributed by atoms with Gasteiger partial charge in [-0.05, 0) is 55.7 Å². The van der Waals surface area contributed by atoms with Gasteiger partial charge in [-0.1, -0.05) is 6.07 Å². The van der Waals surface area contributed by atoms with Gasteiger partial charge in [0.15, 0.2) is 0 Å². The van der Waals surface area contributed by atoms with Crippen LogP contribution in [0.25, 0.3) is 0 Å². The first kappa shape index (κ1) is 18.3. The molecule has 2 saturated heterocycles. The smallest absolute Gasteiger partial charge is 0.256 e. The summed E-state index contributed by atoms with van der Waals surface area (Å²) in [5, 5.41) is 3.22. The zero-order valence-corrected chi connectivity index (χ0v) is 16.1. The summed E-state index contributed by atoms with van der Waals surface area (Å²) in [5.41, 5.74) is 2.59. The molecule has 0 aromatic heterocycles. The fraction of sp³-hybridized carbons (Fsp3) is 0.364. The van der Waals surface area contributed by atoms with Crippen molar-refractivity contribution in [2.24, 2.45) is 0 Å². The maximum absolute atomic E-state index is 12.8. The molecule has 1 atom stereocenters. The van der Waals surface area contributed by atoms with Crippen molar-refractivity contribution in [3.63, 3.8) is 0 Å². The Kier molecular flexibility index (Phi) is 5.19. The van der Waals surface area contributed by atoms with Gasteiger partial charge < -0.3 is 15.0 Å². The van der Waals surface area contributed by atoms with E-state index >= 15 is 0 Å². The lowest BCUT2D eigenvalue weighted by molar-refractivity contribution is -0.121. The van der Waals surface area contributed by atoms with E-state index in [-0.39, 0.29) is 18.2 Å². The number of rotatable bonds is 5. The molecule has 1 unspecified atom stereocenters. The van der Waals surface area contributed by atoms with Gasteiger partial charge >= 0.3 is 0 Å². The molecule has 0 bridgehead atoms. The van der Waals surface area contributed by atoms with Crippen molar-refractivity contribution in [2.75, 3.05) is 35.3 Å². The SMILES string of the molecule is COc1cccc(N2C(=O)CC(Nc3ccc(N4CCCCC4)cc3)C2=O)c1. The number of ether oxygens (including phenoxy) is 1. The summed E-state index contributed by atoms with van der Waals surface area (Å²) in [7, 11) is 1.56. The summed E-state index contributed by atoms with van der Waals surface area (Å²) < 4.78 is 5.20. The number of nitrogens with zero attached hydrogens (tertiary/aromatic N) is 2. The number of benzene rings is 2. The molecule has 2 aromatic carbocycles. The van der Waals surface area contributed by atoms with Gasteiger partial charge in [0.1, 0.15) is 11.8 Å². The summed E-state index contributed by atoms with van der Waals surface area (Å²) in [6.45, 7) is 2.19. The van der Waals surface area contributed by atoms with E-state index in [2.05, 4.69) is 22.3 Å². The molecule has 2 amide bonds. The van der Waals surface area contributed by atoms with Crippen LogP contribution in [-0.2, 0) is 9.59 Å². The molecule has 0 spiro atoms. The number of amides is 2. The maximum atomic E-state index is 12.8. The summed E-state index contributed by atoms with van der Waals surface area (Å²) in [5.74, 6) is 0.168. The van der Waals surface area contributed by atoms with Gasteiger partial charge in [0.05, 0.1) is 19.2 Å². The molecule has 146 valence electrons. The van der Waals surface area contributed by atoms with Crippen LogP contribution in [0.15, 0.2) is 48.5 Å². The van der Waals surface area contributed by atoms with Gasteiger partial charge in [0.25, 0.3) is 5.91 Å². The Labute approximate surface area is 165 Å². The van der Waals surface area contributed by atoms with Gasteiger partial charge in [-0.25, -0.2) is 4.90 Å². The predicted octanol–water partition coefficient (Wildman–Crippen LogP) is 3.43. The Morgan fingerprint density at radius 3 is 2.43 bits per heavy atom. The summed E-state index contributed by atoms with van der Waals surface area (Å²) in [6, 6.07) is 14.6. The molecule has 6 nitrogen and oxygen atoms in total. The van der Waals surface area contributed by atoms with Crippen LogP contribution in [0, 0.1) is 0 Å². The molecule has 2 fully saturated rings. The zero-order valence-electron chi connectivity index (χ0n) is 16.1. The Morgan fingerprint density at radius 2 is 1.71 bits per heavy atom. The third-order valence-electron chi connectivity index (χ3n) is 5.39. The first-order valence-corrected chi connectivity index (χ1v) is 9.78. The van der Waals surface area contributed by atoms with Crippen LogP contribution in [0.3, 0.4) is 0 Å². The molecule has 2 heterocycles. The number of hydrogen-bond donors (Lipinski definition) is 1. The highest BCUT2D eigenvalue weighted by atomic mass is 16.5. The third kappa shape index (κ3) is 3.67. The molecular weight excluding hydrogens is 354 g/mol. The number of piperidine rings is 1. The van der Waals surface area contributed by atoms with E-state index in [1.165, 1.54) is 29.8 Å². The molecular formula is C22H25N3O3. The molecule has 2 aliphatic rings. The lowest BCUT2D eigenvalue weighted by Gasteiger charge is -2.29. The first-order chi connectivity index (χ1) is 13.7. The van der Waals surface area contributed by atoms with E-state index in [0.717, 1.165) is 18.8 Å². The Morgan fingerprint density at radius 1 is 0.964 bits per heavy atom. The molecule has 28 heavy (non-hydrogen) atoms. The minimum absolute atomic E-state index is 0.143. The van der Waals surface area contributed by atoms with Gasteiger partial charge in [0.2, 0.25) is 5.91 Å². The Hall–Kier alpha value is -3.02. The maximum Gasteiger partial charge on any atom is 0.256 e. The summed E-state index contributed by atoms with van der Waals surface area (Å²) >= 11 is 0. The van der Waals surface area contributed by atoms with Crippen LogP contribution in [0.5, 0.6) is 5.75 Å². The number of imide groups is 1. The highest BCUT2D eigenvalue weighted by molar-refractivity contribution is 6.23. The van der Waals surface area contributed by atoms with Crippen molar-refractivity contribution in [3.8, 4) is 5.75 Å². The van der Waals surface area contributed by atoms with Crippen molar-refractivity contribution in [1.82, 2.24) is 0 Å². The molecule has 2 aliphatic heterocycles. The monoisotopic (exact) mass is 379 g/mol. The minimum Gasteiger partial charge on any atom is -0.497 e. The normalized spacial score (nSPS) is 19.8. The van der Waals surface area contributed by atoms with Crippen molar-refractivity contribution in [1.29, 1.82) is 0 Å². The molecule has 6 heteroatoms. The van der Waals surface area contributed by atoms with Crippen LogP contribution in [0.4, 0.5) is 17.1 Å². The third-order valence-corrected chi connectivity index (χ3v) is 5.39. The quantitative estimate of drug-likeness (QED) is 0.807. The first-order valence-electron chi connectivity index (χ1n) is 9.78. The number of anilines is 3. The summed E-state index contributed by atoms with van der Waals surface area (Å²) in [6.07, 6.45) is 3.92. The number of nitrogens with one attached hydrogen (secondary N) is 1. The molecule has 0 radical (unpaired) electrons. The fourth-order valence-electron chi connectivity index (χ4n) is 3.89. The van der Waals surface area contributed by atoms with Crippen molar-refractivity contribution >= 4 is 28.9 Å². The van der Waals surface area contributed by atoms with Crippen molar-refractivity contribution < 1.29 is 14.3 Å². The van der Waals surface area contributed by atoms with E-state index < -0.39 is 6.04 Å². The highest BCUT2D eigenvalue weighted by Crippen LogP contribution is 2.28. The standard InChI is InChI=1S/C22H25N3O3/c1-28-19-7-5-6-18(14-19)25-21(26)15-20(22(25)27)23-16-8-10-17(11-9-16)24-12-3-2-4-13-24/h5-11,14,20,23H,2-4,12-13,15H2,1H3. The second-order valence-electron chi connectivity index (χ2n) is 7.26. The van der Waals surface area contributed by atoms with E-state index in [0.29, 0.717) is 11.4 Å². The summed E-state index contributed by atoms with van der Waals surface area (Å²) in [4.78, 5) is 28.9. The van der Waals surface area contributed by atoms with Crippen LogP contribution in [-0.4, -0.2) is 38.1 Å². The average molecular weight is 379 g/mol. The van der Waals surface area contributed by atoms with Crippen LogP contribution >= 0.6 is 0 Å². The molecule has 1 N–H and O–H groups in total. The Balaban J connectivity index is 1.45. The fourth-order valence-corrected chi connectivity index (χ4v) is 3.89. The largest absolute Gasteiger partial charge is 0.497 e. The zero-order chi connectivity index (χ0) is 19.5. The molecule has 0 saturated carbocycles. The lowest BCUT2D eigenvalue weighted by Crippen LogP contribution is -2.34. The van der Waals surface area contributed by atoms with Gasteiger partial charge in [-0.2, -0.15) is 0 Å².